The number of halogens is 1. The van der Waals surface area contributed by atoms with Crippen LogP contribution in [0.3, 0.4) is 0 Å². The van der Waals surface area contributed by atoms with Crippen LogP contribution in [-0.2, 0) is 16.1 Å². The maximum atomic E-state index is 12.7. The molecule has 0 aliphatic carbocycles. The Kier molecular flexibility index (Phi) is 7.12. The van der Waals surface area contributed by atoms with Crippen LogP contribution >= 0.6 is 11.6 Å². The Labute approximate surface area is 175 Å². The zero-order chi connectivity index (χ0) is 20.8. The Morgan fingerprint density at radius 3 is 2.76 bits per heavy atom. The Balaban J connectivity index is 1.51. The molecule has 0 spiro atoms. The van der Waals surface area contributed by atoms with Gasteiger partial charge >= 0.3 is 0 Å². The first-order valence-electron chi connectivity index (χ1n) is 9.78. The minimum atomic E-state index is -0.692. The van der Waals surface area contributed by atoms with Gasteiger partial charge in [0.2, 0.25) is 11.8 Å². The molecule has 6 nitrogen and oxygen atoms in total. The first-order valence-corrected chi connectivity index (χ1v) is 10.2. The molecule has 0 bridgehead atoms. The minimum absolute atomic E-state index is 0.0600. The van der Waals surface area contributed by atoms with E-state index in [1.54, 1.807) is 19.1 Å². The number of nitrogens with one attached hydrogen (secondary N) is 3. The SMILES string of the molecule is C[C@H](NC(=O)[C@H]1C[C@@H](c2ccccc2)CCN1)C(=O)NCc1cc(Cl)ccc1O. The van der Waals surface area contributed by atoms with Crippen LogP contribution in [0.4, 0.5) is 0 Å². The fourth-order valence-corrected chi connectivity index (χ4v) is 3.75. The average Bonchev–Trinajstić information content (AvgIpc) is 2.74. The Morgan fingerprint density at radius 2 is 2.00 bits per heavy atom. The molecule has 4 N–H and O–H groups in total. The van der Waals surface area contributed by atoms with Gasteiger partial charge in [0, 0.05) is 17.1 Å². The van der Waals surface area contributed by atoms with E-state index < -0.39 is 6.04 Å². The Bertz CT molecular complexity index is 860. The lowest BCUT2D eigenvalue weighted by Gasteiger charge is -2.30. The largest absolute Gasteiger partial charge is 0.508 e. The van der Waals surface area contributed by atoms with E-state index >= 15 is 0 Å². The van der Waals surface area contributed by atoms with Gasteiger partial charge in [-0.15, -0.1) is 0 Å². The van der Waals surface area contributed by atoms with Gasteiger partial charge in [-0.25, -0.2) is 0 Å². The molecule has 2 amide bonds. The number of hydrogen-bond donors (Lipinski definition) is 4. The summed E-state index contributed by atoms with van der Waals surface area (Å²) in [7, 11) is 0. The standard InChI is InChI=1S/C22H26ClN3O3/c1-14(21(28)25-13-17-11-18(23)7-8-20(17)27)26-22(29)19-12-16(9-10-24-19)15-5-3-2-4-6-15/h2-8,11,14,16,19,24,27H,9-10,12-13H2,1H3,(H,25,28)(H,26,29)/t14-,16-,19+/m0/s1. The van der Waals surface area contributed by atoms with Crippen LogP contribution in [0.2, 0.25) is 5.02 Å². The number of aromatic hydroxyl groups is 1. The highest BCUT2D eigenvalue weighted by Crippen LogP contribution is 2.27. The fourth-order valence-electron chi connectivity index (χ4n) is 3.56. The smallest absolute Gasteiger partial charge is 0.242 e. The molecule has 3 rings (SSSR count). The molecular weight excluding hydrogens is 390 g/mol. The lowest BCUT2D eigenvalue weighted by atomic mass is 9.86. The van der Waals surface area contributed by atoms with Crippen molar-refractivity contribution in [3.05, 3.63) is 64.7 Å². The number of carbonyl (C=O) groups excluding carboxylic acids is 2. The molecule has 1 aliphatic heterocycles. The molecule has 1 fully saturated rings. The van der Waals surface area contributed by atoms with Gasteiger partial charge in [-0.3, -0.25) is 9.59 Å². The Hall–Kier alpha value is -2.57. The van der Waals surface area contributed by atoms with E-state index in [4.69, 9.17) is 11.6 Å². The van der Waals surface area contributed by atoms with E-state index in [0.717, 1.165) is 13.0 Å². The average molecular weight is 416 g/mol. The number of piperidine rings is 1. The molecule has 0 radical (unpaired) electrons. The normalized spacial score (nSPS) is 19.9. The van der Waals surface area contributed by atoms with Crippen LogP contribution in [0.5, 0.6) is 5.75 Å². The molecule has 1 saturated heterocycles. The maximum Gasteiger partial charge on any atom is 0.242 e. The third kappa shape index (κ3) is 5.71. The van der Waals surface area contributed by atoms with Crippen LogP contribution in [-0.4, -0.2) is 35.5 Å². The molecule has 7 heteroatoms. The molecule has 1 heterocycles. The first-order chi connectivity index (χ1) is 13.9. The van der Waals surface area contributed by atoms with Crippen LogP contribution in [0.25, 0.3) is 0 Å². The maximum absolute atomic E-state index is 12.7. The van der Waals surface area contributed by atoms with Gasteiger partial charge in [-0.2, -0.15) is 0 Å². The summed E-state index contributed by atoms with van der Waals surface area (Å²) in [5.41, 5.74) is 1.75. The summed E-state index contributed by atoms with van der Waals surface area (Å²) < 4.78 is 0. The van der Waals surface area contributed by atoms with Crippen molar-refractivity contribution in [2.75, 3.05) is 6.54 Å². The molecule has 2 aromatic carbocycles. The van der Waals surface area contributed by atoms with Gasteiger partial charge in [0.25, 0.3) is 0 Å². The van der Waals surface area contributed by atoms with Crippen LogP contribution in [0.15, 0.2) is 48.5 Å². The molecule has 3 atom stereocenters. The number of carbonyl (C=O) groups is 2. The summed E-state index contributed by atoms with van der Waals surface area (Å²) in [5.74, 6) is -0.125. The zero-order valence-corrected chi connectivity index (χ0v) is 17.1. The molecule has 2 aromatic rings. The summed E-state index contributed by atoms with van der Waals surface area (Å²) >= 11 is 5.92. The fraction of sp³-hybridized carbons (Fsp3) is 0.364. The molecule has 0 unspecified atom stereocenters. The van der Waals surface area contributed by atoms with E-state index in [0.29, 0.717) is 22.9 Å². The number of benzene rings is 2. The minimum Gasteiger partial charge on any atom is -0.508 e. The van der Waals surface area contributed by atoms with Crippen molar-refractivity contribution in [2.45, 2.75) is 44.3 Å². The highest BCUT2D eigenvalue weighted by molar-refractivity contribution is 6.30. The predicted octanol–water partition coefficient (Wildman–Crippen LogP) is 2.70. The quantitative estimate of drug-likeness (QED) is 0.584. The number of hydrogen-bond acceptors (Lipinski definition) is 4. The third-order valence-corrected chi connectivity index (χ3v) is 5.47. The van der Waals surface area contributed by atoms with E-state index in [1.165, 1.54) is 11.6 Å². The summed E-state index contributed by atoms with van der Waals surface area (Å²) in [6.07, 6.45) is 1.67. The zero-order valence-electron chi connectivity index (χ0n) is 16.3. The second-order valence-corrected chi connectivity index (χ2v) is 7.80. The number of phenols is 1. The van der Waals surface area contributed by atoms with Crippen molar-refractivity contribution in [2.24, 2.45) is 0 Å². The summed E-state index contributed by atoms with van der Waals surface area (Å²) in [5, 5.41) is 19.1. The Morgan fingerprint density at radius 1 is 1.24 bits per heavy atom. The monoisotopic (exact) mass is 415 g/mol. The van der Waals surface area contributed by atoms with Crippen molar-refractivity contribution < 1.29 is 14.7 Å². The van der Waals surface area contributed by atoms with Crippen molar-refractivity contribution in [1.29, 1.82) is 0 Å². The van der Waals surface area contributed by atoms with Crippen LogP contribution < -0.4 is 16.0 Å². The van der Waals surface area contributed by atoms with Crippen molar-refractivity contribution in [1.82, 2.24) is 16.0 Å². The topological polar surface area (TPSA) is 90.5 Å². The van der Waals surface area contributed by atoms with Gasteiger partial charge in [0.1, 0.15) is 11.8 Å². The summed E-state index contributed by atoms with van der Waals surface area (Å²) in [6, 6.07) is 13.8. The third-order valence-electron chi connectivity index (χ3n) is 5.24. The summed E-state index contributed by atoms with van der Waals surface area (Å²) in [4.78, 5) is 25.0. The molecular formula is C22H26ClN3O3. The van der Waals surface area contributed by atoms with Gasteiger partial charge in [-0.1, -0.05) is 41.9 Å². The number of phenolic OH excluding ortho intramolecular Hbond substituents is 1. The second kappa shape index (κ2) is 9.76. The van der Waals surface area contributed by atoms with Crippen molar-refractivity contribution in [3.8, 4) is 5.75 Å². The van der Waals surface area contributed by atoms with Crippen LogP contribution in [0.1, 0.15) is 36.8 Å². The van der Waals surface area contributed by atoms with Gasteiger partial charge in [0.05, 0.1) is 6.04 Å². The second-order valence-electron chi connectivity index (χ2n) is 7.36. The van der Waals surface area contributed by atoms with Crippen LogP contribution in [0, 0.1) is 0 Å². The highest BCUT2D eigenvalue weighted by atomic mass is 35.5. The number of rotatable bonds is 6. The van der Waals surface area contributed by atoms with Gasteiger partial charge < -0.3 is 21.1 Å². The number of amides is 2. The molecule has 0 aromatic heterocycles. The molecule has 0 saturated carbocycles. The lowest BCUT2D eigenvalue weighted by Crippen LogP contribution is -2.53. The lowest BCUT2D eigenvalue weighted by molar-refractivity contribution is -0.130. The molecule has 29 heavy (non-hydrogen) atoms. The highest BCUT2D eigenvalue weighted by Gasteiger charge is 2.29. The molecule has 1 aliphatic rings. The predicted molar refractivity (Wildman–Crippen MR) is 113 cm³/mol. The van der Waals surface area contributed by atoms with Crippen molar-refractivity contribution >= 4 is 23.4 Å². The van der Waals surface area contributed by atoms with Crippen molar-refractivity contribution in [3.63, 3.8) is 0 Å². The first kappa shape index (κ1) is 21.1. The van der Waals surface area contributed by atoms with E-state index in [9.17, 15) is 14.7 Å². The van der Waals surface area contributed by atoms with Gasteiger partial charge in [0.15, 0.2) is 0 Å². The van der Waals surface area contributed by atoms with E-state index in [2.05, 4.69) is 28.1 Å². The van der Waals surface area contributed by atoms with E-state index in [1.807, 2.05) is 18.2 Å². The van der Waals surface area contributed by atoms with E-state index in [-0.39, 0.29) is 30.2 Å². The molecule has 154 valence electrons. The summed E-state index contributed by atoms with van der Waals surface area (Å²) in [6.45, 7) is 2.53. The van der Waals surface area contributed by atoms with Gasteiger partial charge in [-0.05, 0) is 56.0 Å².